The molecule has 15 heteroatoms. The van der Waals surface area contributed by atoms with E-state index in [4.69, 9.17) is 9.47 Å². The van der Waals surface area contributed by atoms with Crippen molar-refractivity contribution in [2.45, 2.75) is 8.68 Å². The van der Waals surface area contributed by atoms with E-state index >= 15 is 0 Å². The zero-order valence-corrected chi connectivity index (χ0v) is 22.0. The molecule has 0 atom stereocenters. The van der Waals surface area contributed by atoms with E-state index in [0.717, 1.165) is 0 Å². The summed E-state index contributed by atoms with van der Waals surface area (Å²) < 4.78 is 11.2. The number of rotatable bonds is 12. The maximum absolute atomic E-state index is 12.0. The van der Waals surface area contributed by atoms with Gasteiger partial charge in [0.2, 0.25) is 0 Å². The van der Waals surface area contributed by atoms with Crippen molar-refractivity contribution in [1.82, 2.24) is 21.0 Å². The Kier molecular flexibility index (Phi) is 10.5. The minimum Gasteiger partial charge on any atom is -0.504 e. The summed E-state index contributed by atoms with van der Waals surface area (Å²) in [4.78, 5) is 24.1. The largest absolute Gasteiger partial charge is 0.504 e. The fraction of sp³-hybridized carbons (Fsp3) is 0.182. The summed E-state index contributed by atoms with van der Waals surface area (Å²) >= 11 is 3.59. The number of nitrogens with one attached hydrogen (secondary N) is 2. The van der Waals surface area contributed by atoms with E-state index in [1.807, 2.05) is 0 Å². The topological polar surface area (TPSA) is 168 Å². The number of para-hydroxylation sites is 2. The van der Waals surface area contributed by atoms with Crippen LogP contribution in [-0.4, -0.2) is 70.4 Å². The van der Waals surface area contributed by atoms with Crippen LogP contribution in [0.3, 0.4) is 0 Å². The van der Waals surface area contributed by atoms with Crippen LogP contribution < -0.4 is 20.3 Å². The van der Waals surface area contributed by atoms with E-state index in [2.05, 4.69) is 31.3 Å². The number of amides is 2. The van der Waals surface area contributed by atoms with Crippen molar-refractivity contribution in [2.75, 3.05) is 25.7 Å². The number of hydrogen-bond acceptors (Lipinski definition) is 13. The Morgan fingerprint density at radius 2 is 1.30 bits per heavy atom. The van der Waals surface area contributed by atoms with Gasteiger partial charge in [-0.1, -0.05) is 47.0 Å². The molecule has 194 valence electrons. The lowest BCUT2D eigenvalue weighted by molar-refractivity contribution is -0.119. The predicted molar refractivity (Wildman–Crippen MR) is 142 cm³/mol. The van der Waals surface area contributed by atoms with Crippen molar-refractivity contribution in [2.24, 2.45) is 10.2 Å². The Hall–Kier alpha value is -3.82. The first kappa shape index (κ1) is 27.8. The van der Waals surface area contributed by atoms with Gasteiger partial charge in [0, 0.05) is 11.1 Å². The lowest BCUT2D eigenvalue weighted by Crippen LogP contribution is -2.19. The fourth-order valence-corrected chi connectivity index (χ4v) is 5.20. The summed E-state index contributed by atoms with van der Waals surface area (Å²) in [6, 6.07) is 9.84. The fourth-order valence-electron chi connectivity index (χ4n) is 2.60. The standard InChI is InChI=1S/C22H22N6O6S3/c1-33-15-7-3-5-13(19(15)31)9-23-25-17(29)11-35-21-27-28-22(37-21)36-12-18(30)26-24-10-14-6-4-8-16(34-2)20(14)32/h3-10,31-32H,11-12H2,1-2H3,(H,25,29)(H,26,30)/b23-9+,24-10+. The summed E-state index contributed by atoms with van der Waals surface area (Å²) in [6.07, 6.45) is 2.63. The van der Waals surface area contributed by atoms with Gasteiger partial charge in [-0.2, -0.15) is 10.2 Å². The van der Waals surface area contributed by atoms with Crippen molar-refractivity contribution in [3.05, 3.63) is 47.5 Å². The number of phenols is 2. The van der Waals surface area contributed by atoms with Gasteiger partial charge in [-0.25, -0.2) is 10.9 Å². The highest BCUT2D eigenvalue weighted by atomic mass is 32.2. The van der Waals surface area contributed by atoms with Crippen molar-refractivity contribution in [1.29, 1.82) is 0 Å². The minimum atomic E-state index is -0.368. The second-order valence-electron chi connectivity index (χ2n) is 6.79. The number of ether oxygens (including phenoxy) is 2. The number of hydrazone groups is 2. The molecule has 12 nitrogen and oxygen atoms in total. The first-order valence-corrected chi connectivity index (χ1v) is 13.1. The molecule has 0 aliphatic carbocycles. The quantitative estimate of drug-likeness (QED) is 0.146. The predicted octanol–water partition coefficient (Wildman–Crippen LogP) is 2.45. The number of carbonyl (C=O) groups is 2. The van der Waals surface area contributed by atoms with Gasteiger partial charge in [-0.3, -0.25) is 9.59 Å². The molecule has 3 rings (SSSR count). The number of phenolic OH excluding ortho intramolecular Hbond substituents is 2. The molecular weight excluding hydrogens is 540 g/mol. The van der Waals surface area contributed by atoms with Crippen molar-refractivity contribution >= 4 is 59.1 Å². The van der Waals surface area contributed by atoms with E-state index in [1.54, 1.807) is 36.4 Å². The Balaban J connectivity index is 1.39. The summed E-state index contributed by atoms with van der Waals surface area (Å²) in [7, 11) is 2.88. The number of hydrogen-bond donors (Lipinski definition) is 4. The molecule has 0 fully saturated rings. The zero-order chi connectivity index (χ0) is 26.6. The third-order valence-electron chi connectivity index (χ3n) is 4.33. The molecule has 0 spiro atoms. The molecule has 3 aromatic rings. The van der Waals surface area contributed by atoms with Crippen LogP contribution in [0.5, 0.6) is 23.0 Å². The van der Waals surface area contributed by atoms with Gasteiger partial charge in [-0.05, 0) is 24.3 Å². The summed E-state index contributed by atoms with van der Waals surface area (Å²) in [5, 5.41) is 35.7. The first-order valence-electron chi connectivity index (χ1n) is 10.4. The highest BCUT2D eigenvalue weighted by molar-refractivity contribution is 8.03. The van der Waals surface area contributed by atoms with Crippen LogP contribution in [0.4, 0.5) is 0 Å². The van der Waals surface area contributed by atoms with E-state index < -0.39 is 0 Å². The Morgan fingerprint density at radius 3 is 1.70 bits per heavy atom. The van der Waals surface area contributed by atoms with Crippen molar-refractivity contribution in [3.63, 3.8) is 0 Å². The first-order chi connectivity index (χ1) is 17.9. The number of methoxy groups -OCH3 is 2. The van der Waals surface area contributed by atoms with Gasteiger partial charge < -0.3 is 19.7 Å². The molecule has 1 heterocycles. The molecule has 0 unspecified atom stereocenters. The third kappa shape index (κ3) is 8.37. The molecule has 4 N–H and O–H groups in total. The molecule has 2 aromatic carbocycles. The molecule has 0 saturated carbocycles. The van der Waals surface area contributed by atoms with Crippen molar-refractivity contribution < 1.29 is 29.3 Å². The van der Waals surface area contributed by atoms with Crippen LogP contribution in [-0.2, 0) is 9.59 Å². The molecule has 0 radical (unpaired) electrons. The summed E-state index contributed by atoms with van der Waals surface area (Å²) in [6.45, 7) is 0. The lowest BCUT2D eigenvalue weighted by atomic mass is 10.2. The minimum absolute atomic E-state index is 0.0487. The summed E-state index contributed by atoms with van der Waals surface area (Å²) in [5.41, 5.74) is 5.54. The van der Waals surface area contributed by atoms with E-state index in [9.17, 15) is 19.8 Å². The van der Waals surface area contributed by atoms with Crippen LogP contribution >= 0.6 is 34.9 Å². The number of nitrogens with zero attached hydrogens (tertiary/aromatic N) is 4. The maximum Gasteiger partial charge on any atom is 0.250 e. The van der Waals surface area contributed by atoms with Crippen LogP contribution in [0.25, 0.3) is 0 Å². The van der Waals surface area contributed by atoms with Gasteiger partial charge in [0.05, 0.1) is 38.2 Å². The number of benzene rings is 2. The molecule has 1 aromatic heterocycles. The van der Waals surface area contributed by atoms with E-state index in [1.165, 1.54) is 61.5 Å². The SMILES string of the molecule is COc1cccc(/C=N/NC(=O)CSc2nnc(SCC(=O)N/N=C/c3cccc(OC)c3O)s2)c1O. The van der Waals surface area contributed by atoms with Gasteiger partial charge >= 0.3 is 0 Å². The lowest BCUT2D eigenvalue weighted by Gasteiger charge is -2.04. The highest BCUT2D eigenvalue weighted by Gasteiger charge is 2.11. The van der Waals surface area contributed by atoms with Crippen molar-refractivity contribution in [3.8, 4) is 23.0 Å². The van der Waals surface area contributed by atoms with Crippen LogP contribution in [0.1, 0.15) is 11.1 Å². The molecule has 0 saturated heterocycles. The zero-order valence-electron chi connectivity index (χ0n) is 19.6. The molecule has 0 aliphatic rings. The molecular formula is C22H22N6O6S3. The Morgan fingerprint density at radius 1 is 0.865 bits per heavy atom. The normalized spacial score (nSPS) is 11.1. The highest BCUT2D eigenvalue weighted by Crippen LogP contribution is 2.30. The molecule has 0 bridgehead atoms. The third-order valence-corrected chi connectivity index (χ3v) is 7.52. The monoisotopic (exact) mass is 562 g/mol. The molecule has 2 amide bonds. The Labute approximate surface area is 224 Å². The number of carbonyl (C=O) groups excluding carboxylic acids is 2. The van der Waals surface area contributed by atoms with Gasteiger partial charge in [-0.15, -0.1) is 10.2 Å². The van der Waals surface area contributed by atoms with Gasteiger partial charge in [0.15, 0.2) is 31.7 Å². The second kappa shape index (κ2) is 14.1. The smallest absolute Gasteiger partial charge is 0.250 e. The number of aromatic hydroxyl groups is 2. The number of aromatic nitrogens is 2. The average Bonchev–Trinajstić information content (AvgIpc) is 3.36. The second-order valence-corrected chi connectivity index (χ2v) is 10.2. The van der Waals surface area contributed by atoms with E-state index in [-0.39, 0.29) is 34.8 Å². The molecule has 0 aliphatic heterocycles. The van der Waals surface area contributed by atoms with Gasteiger partial charge in [0.1, 0.15) is 0 Å². The molecule has 37 heavy (non-hydrogen) atoms. The number of thioether (sulfide) groups is 2. The Bertz CT molecular complexity index is 1200. The van der Waals surface area contributed by atoms with E-state index in [0.29, 0.717) is 31.3 Å². The average molecular weight is 563 g/mol. The van der Waals surface area contributed by atoms with Gasteiger partial charge in [0.25, 0.3) is 11.8 Å². The van der Waals surface area contributed by atoms with Crippen LogP contribution in [0.2, 0.25) is 0 Å². The maximum atomic E-state index is 12.0. The van der Waals surface area contributed by atoms with Crippen LogP contribution in [0.15, 0.2) is 55.3 Å². The van der Waals surface area contributed by atoms with Crippen LogP contribution in [0, 0.1) is 0 Å². The summed E-state index contributed by atoms with van der Waals surface area (Å²) in [5.74, 6) is -0.190.